The molecule has 1 fully saturated rings. The van der Waals surface area contributed by atoms with Gasteiger partial charge in [0.25, 0.3) is 5.91 Å². The van der Waals surface area contributed by atoms with Crippen molar-refractivity contribution in [3.05, 3.63) is 23.0 Å². The summed E-state index contributed by atoms with van der Waals surface area (Å²) in [5.74, 6) is -0.241. The molecule has 8 heteroatoms. The van der Waals surface area contributed by atoms with E-state index in [9.17, 15) is 4.79 Å². The fourth-order valence-electron chi connectivity index (χ4n) is 1.95. The first-order chi connectivity index (χ1) is 9.24. The van der Waals surface area contributed by atoms with Crippen LogP contribution in [-0.4, -0.2) is 32.5 Å². The van der Waals surface area contributed by atoms with Gasteiger partial charge in [0.2, 0.25) is 5.13 Å². The first kappa shape index (κ1) is 12.2. The molecule has 19 heavy (non-hydrogen) atoms. The molecule has 0 aromatic carbocycles. The summed E-state index contributed by atoms with van der Waals surface area (Å²) >= 11 is 1.35. The van der Waals surface area contributed by atoms with Crippen molar-refractivity contribution >= 4 is 22.4 Å². The number of aryl methyl sites for hydroxylation is 1. The molecule has 1 N–H and O–H groups in total. The molecule has 1 saturated heterocycles. The molecule has 2 aromatic rings. The van der Waals surface area contributed by atoms with Crippen molar-refractivity contribution in [3.8, 4) is 0 Å². The Bertz CT molecular complexity index is 587. The number of ether oxygens (including phenoxy) is 1. The van der Waals surface area contributed by atoms with Gasteiger partial charge in [-0.3, -0.25) is 14.8 Å². The maximum Gasteiger partial charge on any atom is 0.275 e. The largest absolute Gasteiger partial charge is 0.371 e. The number of hydrogen-bond donors (Lipinski definition) is 1. The van der Waals surface area contributed by atoms with E-state index in [2.05, 4.69) is 20.6 Å². The van der Waals surface area contributed by atoms with Gasteiger partial charge in [-0.25, -0.2) is 0 Å². The Kier molecular flexibility index (Phi) is 3.26. The zero-order valence-electron chi connectivity index (χ0n) is 10.4. The monoisotopic (exact) mass is 279 g/mol. The van der Waals surface area contributed by atoms with E-state index >= 15 is 0 Å². The highest BCUT2D eigenvalue weighted by molar-refractivity contribution is 7.15. The van der Waals surface area contributed by atoms with Crippen molar-refractivity contribution in [1.29, 1.82) is 0 Å². The van der Waals surface area contributed by atoms with E-state index in [1.165, 1.54) is 16.0 Å². The van der Waals surface area contributed by atoms with E-state index in [1.807, 2.05) is 0 Å². The molecule has 1 aliphatic rings. The molecule has 1 aliphatic heterocycles. The Morgan fingerprint density at radius 3 is 3.16 bits per heavy atom. The Hall–Kier alpha value is -1.80. The number of carbonyl (C=O) groups excluding carboxylic acids is 1. The number of nitrogens with one attached hydrogen (secondary N) is 1. The minimum absolute atomic E-state index is 0.0276. The molecular formula is C11H13N5O2S. The number of anilines is 1. The van der Waals surface area contributed by atoms with Crippen molar-refractivity contribution in [3.63, 3.8) is 0 Å². The Balaban J connectivity index is 1.70. The quantitative estimate of drug-likeness (QED) is 0.917. The summed E-state index contributed by atoms with van der Waals surface area (Å²) < 4.78 is 7.04. The summed E-state index contributed by atoms with van der Waals surface area (Å²) in [5, 5.41) is 16.0. The van der Waals surface area contributed by atoms with Gasteiger partial charge in [-0.1, -0.05) is 11.3 Å². The summed E-state index contributed by atoms with van der Waals surface area (Å²) in [6.45, 7) is 0.765. The smallest absolute Gasteiger partial charge is 0.275 e. The fraction of sp³-hybridized carbons (Fsp3) is 0.455. The lowest BCUT2D eigenvalue weighted by molar-refractivity contribution is 0.101. The number of aromatic nitrogens is 4. The van der Waals surface area contributed by atoms with Gasteiger partial charge >= 0.3 is 0 Å². The molecule has 0 aliphatic carbocycles. The zero-order chi connectivity index (χ0) is 13.2. The van der Waals surface area contributed by atoms with Gasteiger partial charge in [0.05, 0.1) is 0 Å². The van der Waals surface area contributed by atoms with Gasteiger partial charge in [0.15, 0.2) is 0 Å². The minimum Gasteiger partial charge on any atom is -0.371 e. The SMILES string of the molecule is Cn1nccc1C(=O)Nc1nnc(C2CCCO2)s1. The van der Waals surface area contributed by atoms with Crippen LogP contribution in [-0.2, 0) is 11.8 Å². The highest BCUT2D eigenvalue weighted by Gasteiger charge is 2.22. The van der Waals surface area contributed by atoms with Gasteiger partial charge in [-0.05, 0) is 18.9 Å². The molecule has 1 amide bonds. The lowest BCUT2D eigenvalue weighted by atomic mass is 10.2. The predicted molar refractivity (Wildman–Crippen MR) is 69.0 cm³/mol. The van der Waals surface area contributed by atoms with Gasteiger partial charge < -0.3 is 4.74 Å². The Morgan fingerprint density at radius 2 is 2.47 bits per heavy atom. The van der Waals surface area contributed by atoms with Gasteiger partial charge in [0.1, 0.15) is 16.8 Å². The topological polar surface area (TPSA) is 81.9 Å². The van der Waals surface area contributed by atoms with E-state index in [4.69, 9.17) is 4.74 Å². The molecule has 100 valence electrons. The fourth-order valence-corrected chi connectivity index (χ4v) is 2.77. The third-order valence-corrected chi connectivity index (χ3v) is 3.85. The second kappa shape index (κ2) is 5.06. The molecule has 7 nitrogen and oxygen atoms in total. The highest BCUT2D eigenvalue weighted by Crippen LogP contribution is 2.31. The molecule has 1 atom stereocenters. The summed E-state index contributed by atoms with van der Waals surface area (Å²) in [4.78, 5) is 12.0. The predicted octanol–water partition coefficient (Wildman–Crippen LogP) is 1.38. The normalized spacial score (nSPS) is 18.7. The van der Waals surface area contributed by atoms with Gasteiger partial charge in [0, 0.05) is 19.9 Å². The molecule has 0 radical (unpaired) electrons. The second-order valence-electron chi connectivity index (χ2n) is 4.24. The second-order valence-corrected chi connectivity index (χ2v) is 5.25. The molecule has 0 bridgehead atoms. The highest BCUT2D eigenvalue weighted by atomic mass is 32.1. The third kappa shape index (κ3) is 2.49. The minimum atomic E-state index is -0.241. The molecule has 2 aromatic heterocycles. The molecule has 0 spiro atoms. The van der Waals surface area contributed by atoms with E-state index in [1.54, 1.807) is 19.3 Å². The van der Waals surface area contributed by atoms with Crippen molar-refractivity contribution in [2.24, 2.45) is 7.05 Å². The number of amides is 1. The average Bonchev–Trinajstić information content (AvgIpc) is 3.07. The number of rotatable bonds is 3. The number of nitrogens with zero attached hydrogens (tertiary/aromatic N) is 4. The van der Waals surface area contributed by atoms with Crippen LogP contribution in [0, 0.1) is 0 Å². The Morgan fingerprint density at radius 1 is 1.58 bits per heavy atom. The summed E-state index contributed by atoms with van der Waals surface area (Å²) in [6.07, 6.45) is 3.61. The van der Waals surface area contributed by atoms with Crippen LogP contribution >= 0.6 is 11.3 Å². The summed E-state index contributed by atoms with van der Waals surface area (Å²) in [5.41, 5.74) is 0.480. The molecule has 0 saturated carbocycles. The van der Waals surface area contributed by atoms with Crippen LogP contribution in [0.1, 0.15) is 34.4 Å². The molecule has 3 heterocycles. The molecular weight excluding hydrogens is 266 g/mol. The first-order valence-electron chi connectivity index (χ1n) is 5.98. The van der Waals surface area contributed by atoms with Crippen LogP contribution in [0.15, 0.2) is 12.3 Å². The lowest BCUT2D eigenvalue weighted by Crippen LogP contribution is -2.15. The van der Waals surface area contributed by atoms with E-state index in [0.29, 0.717) is 10.8 Å². The molecule has 1 unspecified atom stereocenters. The number of carbonyl (C=O) groups is 1. The lowest BCUT2D eigenvalue weighted by Gasteiger charge is -2.02. The summed E-state index contributed by atoms with van der Waals surface area (Å²) in [6, 6.07) is 1.65. The van der Waals surface area contributed by atoms with Crippen LogP contribution in [0.2, 0.25) is 0 Å². The summed E-state index contributed by atoms with van der Waals surface area (Å²) in [7, 11) is 1.72. The van der Waals surface area contributed by atoms with Crippen LogP contribution in [0.3, 0.4) is 0 Å². The standard InChI is InChI=1S/C11H13N5O2S/c1-16-7(4-5-12-16)9(17)13-11-15-14-10(19-11)8-3-2-6-18-8/h4-5,8H,2-3,6H2,1H3,(H,13,15,17). The zero-order valence-corrected chi connectivity index (χ0v) is 11.2. The van der Waals surface area contributed by atoms with E-state index in [-0.39, 0.29) is 12.0 Å². The van der Waals surface area contributed by atoms with Crippen LogP contribution < -0.4 is 5.32 Å². The van der Waals surface area contributed by atoms with E-state index in [0.717, 1.165) is 24.5 Å². The van der Waals surface area contributed by atoms with Gasteiger partial charge in [-0.15, -0.1) is 10.2 Å². The van der Waals surface area contributed by atoms with Crippen molar-refractivity contribution in [2.75, 3.05) is 11.9 Å². The van der Waals surface area contributed by atoms with Crippen LogP contribution in [0.5, 0.6) is 0 Å². The van der Waals surface area contributed by atoms with Crippen LogP contribution in [0.25, 0.3) is 0 Å². The van der Waals surface area contributed by atoms with Gasteiger partial charge in [-0.2, -0.15) is 5.10 Å². The first-order valence-corrected chi connectivity index (χ1v) is 6.80. The molecule has 3 rings (SSSR count). The average molecular weight is 279 g/mol. The maximum absolute atomic E-state index is 12.0. The number of hydrogen-bond acceptors (Lipinski definition) is 6. The van der Waals surface area contributed by atoms with Crippen molar-refractivity contribution < 1.29 is 9.53 Å². The Labute approximate surface area is 113 Å². The van der Waals surface area contributed by atoms with Crippen LogP contribution in [0.4, 0.5) is 5.13 Å². The third-order valence-electron chi connectivity index (χ3n) is 2.92. The van der Waals surface area contributed by atoms with Crippen molar-refractivity contribution in [1.82, 2.24) is 20.0 Å². The van der Waals surface area contributed by atoms with E-state index < -0.39 is 0 Å². The van der Waals surface area contributed by atoms with Crippen molar-refractivity contribution in [2.45, 2.75) is 18.9 Å². The maximum atomic E-state index is 12.0.